The average molecular weight is 586 g/mol. The predicted octanol–water partition coefficient (Wildman–Crippen LogP) is 2.03. The molecular weight excluding hydrogens is 564 g/mol. The normalized spacial score (nSPS) is 18.8. The molecule has 2 aliphatic rings. The van der Waals surface area contributed by atoms with Gasteiger partial charge in [-0.25, -0.2) is 14.3 Å². The van der Waals surface area contributed by atoms with Crippen molar-refractivity contribution in [1.82, 2.24) is 15.2 Å². The van der Waals surface area contributed by atoms with Crippen LogP contribution in [0, 0.1) is 0 Å². The summed E-state index contributed by atoms with van der Waals surface area (Å²) in [5.74, 6) is -2.02. The Bertz CT molecular complexity index is 1480. The third kappa shape index (κ3) is 5.75. The van der Waals surface area contributed by atoms with Crippen LogP contribution in [0.1, 0.15) is 11.3 Å². The highest BCUT2D eigenvalue weighted by atomic mass is 35.5. The minimum absolute atomic E-state index is 0.0573. The van der Waals surface area contributed by atoms with E-state index in [0.717, 1.165) is 16.9 Å². The van der Waals surface area contributed by atoms with Crippen LogP contribution >= 0.6 is 34.7 Å². The summed E-state index contributed by atoms with van der Waals surface area (Å²) in [6.07, 6.45) is 3.65. The number of halogens is 1. The van der Waals surface area contributed by atoms with Crippen molar-refractivity contribution in [1.29, 1.82) is 0 Å². The van der Waals surface area contributed by atoms with Crippen molar-refractivity contribution in [2.24, 2.45) is 5.16 Å². The Morgan fingerprint density at radius 2 is 2.00 bits per heavy atom. The Morgan fingerprint density at radius 1 is 1.26 bits per heavy atom. The van der Waals surface area contributed by atoms with Gasteiger partial charge in [-0.3, -0.25) is 14.5 Å². The molecule has 4 N–H and O–H groups in total. The van der Waals surface area contributed by atoms with Gasteiger partial charge in [-0.15, -0.1) is 23.1 Å². The fraction of sp³-hybridized carbons (Fsp3) is 0.200. The van der Waals surface area contributed by atoms with Gasteiger partial charge < -0.3 is 21.0 Å². The molecule has 2 aliphatic heterocycles. The van der Waals surface area contributed by atoms with Crippen LogP contribution in [-0.2, 0) is 32.4 Å². The minimum Gasteiger partial charge on any atom is -0.477 e. The second-order valence-corrected chi connectivity index (χ2v) is 11.0. The zero-order valence-corrected chi connectivity index (χ0v) is 22.6. The lowest BCUT2D eigenvalue weighted by Gasteiger charge is -2.49. The van der Waals surface area contributed by atoms with Crippen LogP contribution in [0.25, 0.3) is 0 Å². The lowest BCUT2D eigenvalue weighted by atomic mass is 10.0. The van der Waals surface area contributed by atoms with E-state index in [9.17, 15) is 19.5 Å². The lowest BCUT2D eigenvalue weighted by Crippen LogP contribution is -2.71. The number of thiazole rings is 1. The van der Waals surface area contributed by atoms with E-state index in [4.69, 9.17) is 22.2 Å². The average Bonchev–Trinajstić information content (AvgIpc) is 3.36. The molecule has 2 aromatic heterocycles. The molecule has 0 aliphatic carbocycles. The van der Waals surface area contributed by atoms with E-state index >= 15 is 0 Å². The fourth-order valence-corrected chi connectivity index (χ4v) is 6.14. The molecule has 1 saturated heterocycles. The largest absolute Gasteiger partial charge is 0.477 e. The van der Waals surface area contributed by atoms with Crippen molar-refractivity contribution in [3.05, 3.63) is 87.8 Å². The van der Waals surface area contributed by atoms with Gasteiger partial charge in [0.05, 0.1) is 0 Å². The number of hydrogen-bond donors (Lipinski definition) is 3. The number of pyridine rings is 1. The molecule has 2 atom stereocenters. The maximum atomic E-state index is 13.3. The highest BCUT2D eigenvalue weighted by molar-refractivity contribution is 8.00. The zero-order valence-electron chi connectivity index (χ0n) is 20.2. The fourth-order valence-electron chi connectivity index (χ4n) is 4.13. The molecule has 0 spiro atoms. The first-order valence-electron chi connectivity index (χ1n) is 11.6. The summed E-state index contributed by atoms with van der Waals surface area (Å²) in [5.41, 5.74) is 7.12. The predicted molar refractivity (Wildman–Crippen MR) is 146 cm³/mol. The van der Waals surface area contributed by atoms with Gasteiger partial charge in [0.2, 0.25) is 0 Å². The van der Waals surface area contributed by atoms with Gasteiger partial charge in [-0.2, -0.15) is 0 Å². The van der Waals surface area contributed by atoms with Crippen LogP contribution in [0.15, 0.2) is 76.7 Å². The first-order valence-corrected chi connectivity index (χ1v) is 13.9. The molecule has 1 aromatic carbocycles. The van der Waals surface area contributed by atoms with Crippen molar-refractivity contribution >= 4 is 63.3 Å². The van der Waals surface area contributed by atoms with Crippen LogP contribution < -0.4 is 15.6 Å². The first-order chi connectivity index (χ1) is 18.8. The van der Waals surface area contributed by atoms with E-state index < -0.39 is 29.2 Å². The van der Waals surface area contributed by atoms with E-state index in [0.29, 0.717) is 22.9 Å². The summed E-state index contributed by atoms with van der Waals surface area (Å²) in [5, 5.41) is 18.4. The number of nitrogens with zero attached hydrogens (tertiary/aromatic N) is 4. The molecule has 2 amide bonds. The Balaban J connectivity index is 1.32. The van der Waals surface area contributed by atoms with Crippen LogP contribution in [0.4, 0.5) is 5.13 Å². The highest BCUT2D eigenvalue weighted by Gasteiger charge is 2.54. The standard InChI is InChI=1S/C25H21ClN6O5S2/c26-16-6-4-14(5-7-16)11-37-30-18(17-13-39-25(27)28-17)21(33)29-19-22(34)32-20(24(35)36)15(12-38-23(19)32)10-31-8-2-1-3-9-31/h1-9,13,19,23H,10-12H2,(H3-,27,28,29,33,35,36)/p+1/t19?,23-/m0/s1. The second kappa shape index (κ2) is 11.4. The van der Waals surface area contributed by atoms with E-state index in [1.807, 2.05) is 35.2 Å². The van der Waals surface area contributed by atoms with E-state index in [1.165, 1.54) is 16.7 Å². The number of aliphatic carboxylic acids is 1. The lowest BCUT2D eigenvalue weighted by molar-refractivity contribution is -0.689. The van der Waals surface area contributed by atoms with Gasteiger partial charge in [-0.1, -0.05) is 35.0 Å². The molecule has 14 heteroatoms. The van der Waals surface area contributed by atoms with Crippen LogP contribution in [0.5, 0.6) is 0 Å². The number of hydrogen-bond acceptors (Lipinski definition) is 9. The van der Waals surface area contributed by atoms with Gasteiger partial charge in [-0.05, 0) is 17.7 Å². The number of fused-ring (bicyclic) bond motifs is 1. The van der Waals surface area contributed by atoms with Crippen LogP contribution in [0.3, 0.4) is 0 Å². The summed E-state index contributed by atoms with van der Waals surface area (Å²) in [7, 11) is 0. The molecule has 5 rings (SSSR count). The number of nitrogens with one attached hydrogen (secondary N) is 1. The summed E-state index contributed by atoms with van der Waals surface area (Å²) < 4.78 is 1.84. The van der Waals surface area contributed by atoms with E-state index in [2.05, 4.69) is 15.5 Å². The number of β-lactam (4-membered cyclic amide) rings is 1. The topological polar surface area (TPSA) is 151 Å². The second-order valence-electron chi connectivity index (χ2n) is 8.58. The minimum atomic E-state index is -1.19. The molecule has 0 radical (unpaired) electrons. The molecule has 4 heterocycles. The Kier molecular flexibility index (Phi) is 7.82. The third-order valence-electron chi connectivity index (χ3n) is 5.97. The summed E-state index contributed by atoms with van der Waals surface area (Å²) in [6, 6.07) is 11.5. The highest BCUT2D eigenvalue weighted by Crippen LogP contribution is 2.40. The maximum Gasteiger partial charge on any atom is 0.352 e. The zero-order chi connectivity index (χ0) is 27.5. The smallest absolute Gasteiger partial charge is 0.352 e. The van der Waals surface area contributed by atoms with E-state index in [1.54, 1.807) is 29.6 Å². The molecule has 1 fully saturated rings. The molecule has 1 unspecified atom stereocenters. The number of aromatic nitrogens is 2. The van der Waals surface area contributed by atoms with Crippen LogP contribution in [-0.4, -0.2) is 55.7 Å². The van der Waals surface area contributed by atoms with Crippen molar-refractivity contribution in [2.45, 2.75) is 24.6 Å². The molecule has 0 saturated carbocycles. The van der Waals surface area contributed by atoms with Crippen molar-refractivity contribution < 1.29 is 28.9 Å². The number of nitrogen functional groups attached to an aromatic ring is 1. The van der Waals surface area contributed by atoms with E-state index in [-0.39, 0.29) is 28.8 Å². The first kappa shape index (κ1) is 26.7. The number of amides is 2. The summed E-state index contributed by atoms with van der Waals surface area (Å²) in [4.78, 5) is 49.3. The van der Waals surface area contributed by atoms with Gasteiger partial charge in [0, 0.05) is 33.9 Å². The number of oxime groups is 1. The summed E-state index contributed by atoms with van der Waals surface area (Å²) >= 11 is 8.42. The SMILES string of the molecule is Nc1nc(C(=NOCc2ccc(Cl)cc2)C(=O)NC2C(=O)N3C(C(=O)O)=C(C[n+]4ccccc4)CS[C@@H]23)cs1. The number of rotatable bonds is 9. The molecular formula is C25H22ClN6O5S2+. The van der Waals surface area contributed by atoms with Gasteiger partial charge in [0.15, 0.2) is 29.8 Å². The van der Waals surface area contributed by atoms with Crippen LogP contribution in [0.2, 0.25) is 5.02 Å². The monoisotopic (exact) mass is 585 g/mol. The number of anilines is 1. The van der Waals surface area contributed by atoms with Gasteiger partial charge in [0.25, 0.3) is 11.8 Å². The third-order valence-corrected chi connectivity index (χ3v) is 8.23. The quantitative estimate of drug-likeness (QED) is 0.149. The molecule has 0 bridgehead atoms. The number of carbonyl (C=O) groups is 3. The summed E-state index contributed by atoms with van der Waals surface area (Å²) in [6.45, 7) is 0.396. The maximum absolute atomic E-state index is 13.3. The number of carboxylic acids is 1. The number of nitrogens with two attached hydrogens (primary N) is 1. The number of benzene rings is 1. The van der Waals surface area contributed by atoms with Gasteiger partial charge >= 0.3 is 5.97 Å². The molecule has 11 nitrogen and oxygen atoms in total. The molecule has 39 heavy (non-hydrogen) atoms. The van der Waals surface area contributed by atoms with Crippen molar-refractivity contribution in [3.8, 4) is 0 Å². The Labute approximate surface area is 235 Å². The Morgan fingerprint density at radius 3 is 2.67 bits per heavy atom. The molecule has 200 valence electrons. The number of carbonyl (C=O) groups excluding carboxylic acids is 2. The molecule has 3 aromatic rings. The van der Waals surface area contributed by atoms with Crippen molar-refractivity contribution in [2.75, 3.05) is 11.5 Å². The van der Waals surface area contributed by atoms with Crippen molar-refractivity contribution in [3.63, 3.8) is 0 Å². The van der Waals surface area contributed by atoms with Gasteiger partial charge in [0.1, 0.15) is 29.4 Å². The number of carboxylic acid groups (broad SMARTS) is 1. The Hall–Kier alpha value is -3.94. The number of thioether (sulfide) groups is 1.